The first-order chi connectivity index (χ1) is 9.67. The zero-order valence-electron chi connectivity index (χ0n) is 11.2. The summed E-state index contributed by atoms with van der Waals surface area (Å²) in [5.41, 5.74) is 5.13. The smallest absolute Gasteiger partial charge is 0.269 e. The molecular formula is C14H19N3O3. The maximum absolute atomic E-state index is 11.7. The normalized spacial score (nSPS) is 10.1. The molecule has 0 unspecified atom stereocenters. The molecule has 6 nitrogen and oxygen atoms in total. The lowest BCUT2D eigenvalue weighted by Gasteiger charge is -2.18. The average molecular weight is 277 g/mol. The number of rotatable bonds is 7. The van der Waals surface area contributed by atoms with Crippen LogP contribution in [0.1, 0.15) is 10.4 Å². The largest absolute Gasteiger partial charge is 0.395 e. The van der Waals surface area contributed by atoms with Crippen LogP contribution in [0.4, 0.5) is 0 Å². The van der Waals surface area contributed by atoms with Gasteiger partial charge in [0.05, 0.1) is 13.2 Å². The van der Waals surface area contributed by atoms with Gasteiger partial charge in [-0.3, -0.25) is 25.3 Å². The quantitative estimate of drug-likeness (QED) is 0.481. The highest BCUT2D eigenvalue weighted by atomic mass is 16.3. The molecule has 1 aromatic carbocycles. The van der Waals surface area contributed by atoms with E-state index in [-0.39, 0.29) is 25.0 Å². The maximum Gasteiger partial charge on any atom is 0.269 e. The summed E-state index contributed by atoms with van der Waals surface area (Å²) in [6.07, 6.45) is 1.64. The van der Waals surface area contributed by atoms with Gasteiger partial charge in [-0.05, 0) is 12.1 Å². The van der Waals surface area contributed by atoms with Crippen LogP contribution in [0.3, 0.4) is 0 Å². The van der Waals surface area contributed by atoms with Gasteiger partial charge in [0.1, 0.15) is 0 Å². The lowest BCUT2D eigenvalue weighted by Crippen LogP contribution is -2.46. The Morgan fingerprint density at radius 3 is 2.55 bits per heavy atom. The van der Waals surface area contributed by atoms with Gasteiger partial charge in [-0.2, -0.15) is 0 Å². The fourth-order valence-electron chi connectivity index (χ4n) is 1.59. The van der Waals surface area contributed by atoms with Gasteiger partial charge in [0.2, 0.25) is 0 Å². The molecule has 6 heteroatoms. The Kier molecular flexibility index (Phi) is 7.02. The summed E-state index contributed by atoms with van der Waals surface area (Å²) >= 11 is 0. The van der Waals surface area contributed by atoms with E-state index in [0.717, 1.165) is 0 Å². The highest BCUT2D eigenvalue weighted by Crippen LogP contribution is 1.96. The molecule has 108 valence electrons. The number of benzene rings is 1. The Bertz CT molecular complexity index is 448. The average Bonchev–Trinajstić information content (AvgIpc) is 2.46. The minimum atomic E-state index is -0.378. The van der Waals surface area contributed by atoms with E-state index in [1.807, 2.05) is 0 Å². The Morgan fingerprint density at radius 2 is 1.95 bits per heavy atom. The van der Waals surface area contributed by atoms with E-state index in [1.54, 1.807) is 41.3 Å². The molecule has 0 aliphatic rings. The molecule has 0 aliphatic heterocycles. The van der Waals surface area contributed by atoms with E-state index < -0.39 is 0 Å². The van der Waals surface area contributed by atoms with E-state index in [0.29, 0.717) is 18.7 Å². The van der Waals surface area contributed by atoms with Crippen molar-refractivity contribution in [2.45, 2.75) is 0 Å². The predicted octanol–water partition coefficient (Wildman–Crippen LogP) is -0.0721. The Hall–Kier alpha value is -2.18. The molecule has 0 saturated carbocycles. The van der Waals surface area contributed by atoms with Crippen LogP contribution < -0.4 is 10.9 Å². The minimum absolute atomic E-state index is 0.0442. The molecule has 20 heavy (non-hydrogen) atoms. The van der Waals surface area contributed by atoms with Crippen molar-refractivity contribution in [1.29, 1.82) is 0 Å². The van der Waals surface area contributed by atoms with E-state index >= 15 is 0 Å². The Morgan fingerprint density at radius 1 is 1.25 bits per heavy atom. The van der Waals surface area contributed by atoms with Crippen LogP contribution in [0.5, 0.6) is 0 Å². The third-order valence-electron chi connectivity index (χ3n) is 2.52. The molecule has 0 bridgehead atoms. The van der Waals surface area contributed by atoms with Crippen molar-refractivity contribution in [1.82, 2.24) is 15.8 Å². The fourth-order valence-corrected chi connectivity index (χ4v) is 1.59. The first-order valence-corrected chi connectivity index (χ1v) is 6.25. The number of amides is 2. The monoisotopic (exact) mass is 277 g/mol. The lowest BCUT2D eigenvalue weighted by molar-refractivity contribution is -0.123. The minimum Gasteiger partial charge on any atom is -0.395 e. The molecule has 0 spiro atoms. The van der Waals surface area contributed by atoms with Gasteiger partial charge in [-0.25, -0.2) is 0 Å². The van der Waals surface area contributed by atoms with Crippen LogP contribution in [0.15, 0.2) is 43.0 Å². The first kappa shape index (κ1) is 15.9. The summed E-state index contributed by atoms with van der Waals surface area (Å²) in [6.45, 7) is 4.46. The molecule has 1 aromatic rings. The van der Waals surface area contributed by atoms with Crippen LogP contribution in [0, 0.1) is 0 Å². The number of aliphatic hydroxyl groups is 1. The van der Waals surface area contributed by atoms with E-state index in [1.165, 1.54) is 0 Å². The summed E-state index contributed by atoms with van der Waals surface area (Å²) in [4.78, 5) is 25.1. The number of hydrogen-bond donors (Lipinski definition) is 3. The van der Waals surface area contributed by atoms with E-state index in [2.05, 4.69) is 17.4 Å². The third-order valence-corrected chi connectivity index (χ3v) is 2.52. The van der Waals surface area contributed by atoms with Crippen molar-refractivity contribution in [3.63, 3.8) is 0 Å². The fraction of sp³-hybridized carbons (Fsp3) is 0.286. The van der Waals surface area contributed by atoms with E-state index in [9.17, 15) is 9.59 Å². The Labute approximate surface area is 118 Å². The van der Waals surface area contributed by atoms with Crippen LogP contribution in [-0.4, -0.2) is 48.1 Å². The predicted molar refractivity (Wildman–Crippen MR) is 75.8 cm³/mol. The van der Waals surface area contributed by atoms with Gasteiger partial charge in [0.25, 0.3) is 11.8 Å². The van der Waals surface area contributed by atoms with Crippen molar-refractivity contribution in [2.75, 3.05) is 26.2 Å². The number of carbonyl (C=O) groups excluding carboxylic acids is 2. The van der Waals surface area contributed by atoms with Crippen molar-refractivity contribution < 1.29 is 14.7 Å². The molecule has 0 heterocycles. The third kappa shape index (κ3) is 5.64. The number of nitrogens with one attached hydrogen (secondary N) is 2. The zero-order chi connectivity index (χ0) is 14.8. The van der Waals surface area contributed by atoms with Gasteiger partial charge in [-0.15, -0.1) is 6.58 Å². The number of nitrogens with zero attached hydrogens (tertiary/aromatic N) is 1. The summed E-state index contributed by atoms with van der Waals surface area (Å²) in [5.74, 6) is -0.735. The molecule has 2 amide bonds. The van der Waals surface area contributed by atoms with Gasteiger partial charge in [0, 0.05) is 18.7 Å². The topological polar surface area (TPSA) is 81.7 Å². The van der Waals surface area contributed by atoms with Crippen LogP contribution in [0.2, 0.25) is 0 Å². The molecule has 0 atom stereocenters. The number of hydrogen-bond acceptors (Lipinski definition) is 4. The molecule has 1 rings (SSSR count). The van der Waals surface area contributed by atoms with E-state index in [4.69, 9.17) is 5.11 Å². The molecule has 0 saturated heterocycles. The molecule has 0 radical (unpaired) electrons. The molecule has 3 N–H and O–H groups in total. The highest BCUT2D eigenvalue weighted by molar-refractivity contribution is 5.95. The van der Waals surface area contributed by atoms with Crippen LogP contribution >= 0.6 is 0 Å². The standard InChI is InChI=1S/C14H19N3O3/c1-2-8-17(9-10-18)11-13(19)15-16-14(20)12-6-4-3-5-7-12/h2-7,18H,1,8-11H2,(H,15,19)(H,16,20). The summed E-state index contributed by atoms with van der Waals surface area (Å²) in [6, 6.07) is 8.58. The summed E-state index contributed by atoms with van der Waals surface area (Å²) in [7, 11) is 0. The molecule has 0 aliphatic carbocycles. The van der Waals surface area contributed by atoms with Crippen molar-refractivity contribution in [3.8, 4) is 0 Å². The second-order valence-corrected chi connectivity index (χ2v) is 4.12. The Balaban J connectivity index is 2.39. The van der Waals surface area contributed by atoms with Gasteiger partial charge in [0.15, 0.2) is 0 Å². The number of aliphatic hydroxyl groups excluding tert-OH is 1. The van der Waals surface area contributed by atoms with Crippen LogP contribution in [-0.2, 0) is 4.79 Å². The molecular weight excluding hydrogens is 258 g/mol. The first-order valence-electron chi connectivity index (χ1n) is 6.25. The summed E-state index contributed by atoms with van der Waals surface area (Å²) < 4.78 is 0. The van der Waals surface area contributed by atoms with Crippen molar-refractivity contribution >= 4 is 11.8 Å². The second kappa shape index (κ2) is 8.84. The van der Waals surface area contributed by atoms with Crippen molar-refractivity contribution in [2.24, 2.45) is 0 Å². The number of carbonyl (C=O) groups is 2. The second-order valence-electron chi connectivity index (χ2n) is 4.12. The SMILES string of the molecule is C=CCN(CCO)CC(=O)NNC(=O)c1ccccc1. The van der Waals surface area contributed by atoms with Gasteiger partial charge in [-0.1, -0.05) is 24.3 Å². The summed E-state index contributed by atoms with van der Waals surface area (Å²) in [5, 5.41) is 8.87. The van der Waals surface area contributed by atoms with Gasteiger partial charge >= 0.3 is 0 Å². The zero-order valence-corrected chi connectivity index (χ0v) is 11.2. The highest BCUT2D eigenvalue weighted by Gasteiger charge is 2.10. The molecule has 0 fully saturated rings. The molecule has 0 aromatic heterocycles. The van der Waals surface area contributed by atoms with Crippen LogP contribution in [0.25, 0.3) is 0 Å². The lowest BCUT2D eigenvalue weighted by atomic mass is 10.2. The number of hydrazine groups is 1. The maximum atomic E-state index is 11.7. The van der Waals surface area contributed by atoms with Gasteiger partial charge < -0.3 is 5.11 Å². The van der Waals surface area contributed by atoms with Crippen molar-refractivity contribution in [3.05, 3.63) is 48.6 Å².